The fourth-order valence-electron chi connectivity index (χ4n) is 1.15. The minimum absolute atomic E-state index is 0.183. The van der Waals surface area contributed by atoms with E-state index in [4.69, 9.17) is 15.2 Å². The van der Waals surface area contributed by atoms with Crippen LogP contribution in [-0.4, -0.2) is 18.8 Å². The van der Waals surface area contributed by atoms with E-state index in [9.17, 15) is 4.39 Å². The van der Waals surface area contributed by atoms with Gasteiger partial charge in [0.2, 0.25) is 0 Å². The van der Waals surface area contributed by atoms with Gasteiger partial charge in [0, 0.05) is 6.07 Å². The molecule has 1 aromatic rings. The number of rotatable bonds is 4. The topological polar surface area (TPSA) is 44.5 Å². The van der Waals surface area contributed by atoms with Crippen LogP contribution in [0.2, 0.25) is 0 Å². The smallest absolute Gasteiger partial charge is 0.142 e. The van der Waals surface area contributed by atoms with E-state index in [1.807, 2.05) is 20.8 Å². The summed E-state index contributed by atoms with van der Waals surface area (Å²) in [7, 11) is 0. The van der Waals surface area contributed by atoms with Gasteiger partial charge >= 0.3 is 0 Å². The molecule has 0 aliphatic carbocycles. The van der Waals surface area contributed by atoms with Crippen molar-refractivity contribution in [1.82, 2.24) is 0 Å². The van der Waals surface area contributed by atoms with Crippen LogP contribution in [0.15, 0.2) is 18.2 Å². The predicted octanol–water partition coefficient (Wildman–Crippen LogP) is 2.60. The maximum atomic E-state index is 12.7. The summed E-state index contributed by atoms with van der Waals surface area (Å²) in [5.74, 6) is 0.120. The number of nitrogens with two attached hydrogens (primary N) is 1. The van der Waals surface area contributed by atoms with Crippen LogP contribution < -0.4 is 10.5 Å². The van der Waals surface area contributed by atoms with Gasteiger partial charge < -0.3 is 15.2 Å². The summed E-state index contributed by atoms with van der Waals surface area (Å²) in [5, 5.41) is 0. The molecule has 0 radical (unpaired) electrons. The van der Waals surface area contributed by atoms with Crippen molar-refractivity contribution in [3.8, 4) is 5.75 Å². The minimum atomic E-state index is -0.365. The van der Waals surface area contributed by atoms with Crippen LogP contribution in [0.4, 0.5) is 10.1 Å². The lowest BCUT2D eigenvalue weighted by Crippen LogP contribution is -2.22. The van der Waals surface area contributed by atoms with Gasteiger partial charge in [0.15, 0.2) is 0 Å². The lowest BCUT2D eigenvalue weighted by molar-refractivity contribution is -0.0162. The summed E-state index contributed by atoms with van der Waals surface area (Å²) < 4.78 is 23.6. The maximum absolute atomic E-state index is 12.7. The molecule has 0 bridgehead atoms. The molecule has 0 spiro atoms. The Balaban J connectivity index is 2.38. The Morgan fingerprint density at radius 1 is 1.25 bits per heavy atom. The lowest BCUT2D eigenvalue weighted by atomic mass is 10.2. The summed E-state index contributed by atoms with van der Waals surface area (Å²) in [6.07, 6.45) is 0. The summed E-state index contributed by atoms with van der Waals surface area (Å²) >= 11 is 0. The van der Waals surface area contributed by atoms with Gasteiger partial charge in [-0.05, 0) is 32.9 Å². The molecular weight excluding hydrogens is 209 g/mol. The first-order valence-corrected chi connectivity index (χ1v) is 5.20. The van der Waals surface area contributed by atoms with Crippen molar-refractivity contribution in [2.45, 2.75) is 26.4 Å². The van der Waals surface area contributed by atoms with Gasteiger partial charge in [-0.15, -0.1) is 0 Å². The highest BCUT2D eigenvalue weighted by molar-refractivity contribution is 5.52. The Morgan fingerprint density at radius 3 is 2.50 bits per heavy atom. The second kappa shape index (κ2) is 5.16. The molecule has 0 amide bonds. The van der Waals surface area contributed by atoms with Crippen molar-refractivity contribution in [2.75, 3.05) is 18.9 Å². The van der Waals surface area contributed by atoms with Crippen LogP contribution in [0.25, 0.3) is 0 Å². The number of nitrogen functional groups attached to an aromatic ring is 1. The van der Waals surface area contributed by atoms with E-state index in [0.29, 0.717) is 24.7 Å². The second-order valence-corrected chi connectivity index (χ2v) is 4.49. The molecule has 0 fully saturated rings. The predicted molar refractivity (Wildman–Crippen MR) is 62.0 cm³/mol. The first kappa shape index (κ1) is 12.8. The Morgan fingerprint density at radius 2 is 1.94 bits per heavy atom. The van der Waals surface area contributed by atoms with Gasteiger partial charge in [-0.2, -0.15) is 0 Å². The average Bonchev–Trinajstić information content (AvgIpc) is 2.13. The second-order valence-electron chi connectivity index (χ2n) is 4.49. The molecule has 1 aromatic carbocycles. The zero-order chi connectivity index (χ0) is 12.2. The molecule has 0 saturated heterocycles. The van der Waals surface area contributed by atoms with E-state index < -0.39 is 0 Å². The molecule has 1 rings (SSSR count). The number of halogens is 1. The van der Waals surface area contributed by atoms with E-state index in [1.54, 1.807) is 0 Å². The molecule has 0 aliphatic rings. The molecule has 3 nitrogen and oxygen atoms in total. The van der Waals surface area contributed by atoms with E-state index in [0.717, 1.165) is 0 Å². The maximum Gasteiger partial charge on any atom is 0.142 e. The van der Waals surface area contributed by atoms with E-state index in [1.165, 1.54) is 18.2 Å². The molecule has 0 unspecified atom stereocenters. The van der Waals surface area contributed by atoms with E-state index in [-0.39, 0.29) is 11.4 Å². The fraction of sp³-hybridized carbons (Fsp3) is 0.500. The van der Waals surface area contributed by atoms with Gasteiger partial charge in [0.05, 0.1) is 17.9 Å². The summed E-state index contributed by atoms with van der Waals surface area (Å²) in [6, 6.07) is 4.07. The minimum Gasteiger partial charge on any atom is -0.489 e. The standard InChI is InChI=1S/C12H18FNO2/c1-12(2,3)16-7-6-15-11-5-4-9(13)8-10(11)14/h4-5,8H,6-7,14H2,1-3H3. The van der Waals surface area contributed by atoms with Crippen LogP contribution in [0, 0.1) is 5.82 Å². The molecule has 0 aliphatic heterocycles. The normalized spacial score (nSPS) is 11.5. The van der Waals surface area contributed by atoms with Crippen molar-refractivity contribution in [3.63, 3.8) is 0 Å². The molecule has 0 heterocycles. The average molecular weight is 227 g/mol. The number of anilines is 1. The number of hydrogen-bond donors (Lipinski definition) is 1. The SMILES string of the molecule is CC(C)(C)OCCOc1ccc(F)cc1N. The van der Waals surface area contributed by atoms with Crippen LogP contribution in [0.1, 0.15) is 20.8 Å². The number of ether oxygens (including phenoxy) is 2. The van der Waals surface area contributed by atoms with Crippen molar-refractivity contribution in [2.24, 2.45) is 0 Å². The van der Waals surface area contributed by atoms with E-state index in [2.05, 4.69) is 0 Å². The quantitative estimate of drug-likeness (QED) is 0.635. The van der Waals surface area contributed by atoms with Crippen LogP contribution in [-0.2, 0) is 4.74 Å². The monoisotopic (exact) mass is 227 g/mol. The molecule has 0 aromatic heterocycles. The first-order valence-electron chi connectivity index (χ1n) is 5.20. The van der Waals surface area contributed by atoms with E-state index >= 15 is 0 Å². The Hall–Kier alpha value is -1.29. The largest absolute Gasteiger partial charge is 0.489 e. The highest BCUT2D eigenvalue weighted by Crippen LogP contribution is 2.21. The highest BCUT2D eigenvalue weighted by Gasteiger charge is 2.09. The Kier molecular flexibility index (Phi) is 4.12. The van der Waals surface area contributed by atoms with Crippen LogP contribution in [0.5, 0.6) is 5.75 Å². The lowest BCUT2D eigenvalue weighted by Gasteiger charge is -2.19. The van der Waals surface area contributed by atoms with Crippen LogP contribution >= 0.6 is 0 Å². The van der Waals surface area contributed by atoms with Crippen molar-refractivity contribution in [1.29, 1.82) is 0 Å². The van der Waals surface area contributed by atoms with Crippen molar-refractivity contribution < 1.29 is 13.9 Å². The van der Waals surface area contributed by atoms with Gasteiger partial charge in [0.1, 0.15) is 18.2 Å². The molecule has 4 heteroatoms. The molecule has 0 atom stereocenters. The zero-order valence-electron chi connectivity index (χ0n) is 9.92. The third-order valence-electron chi connectivity index (χ3n) is 1.85. The summed E-state index contributed by atoms with van der Waals surface area (Å²) in [5.41, 5.74) is 5.70. The fourth-order valence-corrected chi connectivity index (χ4v) is 1.15. The zero-order valence-corrected chi connectivity index (χ0v) is 9.92. The summed E-state index contributed by atoms with van der Waals surface area (Å²) in [4.78, 5) is 0. The third-order valence-corrected chi connectivity index (χ3v) is 1.85. The Bertz CT molecular complexity index is 347. The summed E-state index contributed by atoms with van der Waals surface area (Å²) in [6.45, 7) is 6.78. The highest BCUT2D eigenvalue weighted by atomic mass is 19.1. The van der Waals surface area contributed by atoms with Crippen LogP contribution in [0.3, 0.4) is 0 Å². The van der Waals surface area contributed by atoms with Gasteiger partial charge in [-0.25, -0.2) is 4.39 Å². The third kappa shape index (κ3) is 4.49. The molecule has 2 N–H and O–H groups in total. The van der Waals surface area contributed by atoms with Gasteiger partial charge in [0.25, 0.3) is 0 Å². The molecule has 16 heavy (non-hydrogen) atoms. The number of hydrogen-bond acceptors (Lipinski definition) is 3. The molecule has 90 valence electrons. The van der Waals surface area contributed by atoms with Gasteiger partial charge in [-0.3, -0.25) is 0 Å². The number of benzene rings is 1. The van der Waals surface area contributed by atoms with Gasteiger partial charge in [-0.1, -0.05) is 0 Å². The molecule has 0 saturated carbocycles. The Labute approximate surface area is 95.4 Å². The molecular formula is C12H18FNO2. The first-order chi connectivity index (χ1) is 7.38. The van der Waals surface area contributed by atoms with Crippen molar-refractivity contribution in [3.05, 3.63) is 24.0 Å². The van der Waals surface area contributed by atoms with Crippen molar-refractivity contribution >= 4 is 5.69 Å².